The minimum absolute atomic E-state index is 0.0385. The SMILES string of the molecule is O=C(Nc1ccc(C(=O)N2CCCCC2)cc1)C1C2CC3OC(=O)C1C3C2. The number of amides is 2. The van der Waals surface area contributed by atoms with Crippen LogP contribution in [0, 0.1) is 23.7 Å². The van der Waals surface area contributed by atoms with Gasteiger partial charge in [-0.25, -0.2) is 0 Å². The molecular formula is C21H24N2O4. The maximum Gasteiger partial charge on any atom is 0.310 e. The Morgan fingerprint density at radius 2 is 1.78 bits per heavy atom. The number of fused-ring (bicyclic) bond motifs is 1. The number of likely N-dealkylation sites (tertiary alicyclic amines) is 1. The van der Waals surface area contributed by atoms with Crippen molar-refractivity contribution in [2.45, 2.75) is 38.2 Å². The number of anilines is 1. The molecule has 5 rings (SSSR count). The zero-order valence-corrected chi connectivity index (χ0v) is 15.2. The van der Waals surface area contributed by atoms with Crippen molar-refractivity contribution in [3.8, 4) is 0 Å². The molecule has 4 aliphatic rings. The first-order valence-electron chi connectivity index (χ1n) is 10.0. The van der Waals surface area contributed by atoms with Crippen LogP contribution in [0.1, 0.15) is 42.5 Å². The molecule has 0 aromatic heterocycles. The minimum atomic E-state index is -0.282. The zero-order valence-electron chi connectivity index (χ0n) is 15.2. The summed E-state index contributed by atoms with van der Waals surface area (Å²) in [5.41, 5.74) is 1.32. The average molecular weight is 368 g/mol. The van der Waals surface area contributed by atoms with Crippen LogP contribution in [0.3, 0.4) is 0 Å². The fourth-order valence-corrected chi connectivity index (χ4v) is 5.56. The van der Waals surface area contributed by atoms with Crippen LogP contribution in [0.4, 0.5) is 5.69 Å². The summed E-state index contributed by atoms with van der Waals surface area (Å²) in [5, 5.41) is 2.95. The fourth-order valence-electron chi connectivity index (χ4n) is 5.56. The highest BCUT2D eigenvalue weighted by Crippen LogP contribution is 2.57. The van der Waals surface area contributed by atoms with Crippen LogP contribution < -0.4 is 5.32 Å². The number of ether oxygens (including phenoxy) is 1. The number of hydrogen-bond acceptors (Lipinski definition) is 4. The molecule has 2 aliphatic carbocycles. The molecule has 0 spiro atoms. The molecule has 2 aliphatic heterocycles. The van der Waals surface area contributed by atoms with E-state index in [4.69, 9.17) is 4.74 Å². The Labute approximate surface area is 158 Å². The highest BCUT2D eigenvalue weighted by molar-refractivity contribution is 5.98. The van der Waals surface area contributed by atoms with Gasteiger partial charge in [0, 0.05) is 30.3 Å². The Bertz CT molecular complexity index is 782. The van der Waals surface area contributed by atoms with Gasteiger partial charge in [-0.15, -0.1) is 0 Å². The molecule has 2 bridgehead atoms. The number of carbonyl (C=O) groups excluding carboxylic acids is 3. The first-order valence-corrected chi connectivity index (χ1v) is 10.0. The summed E-state index contributed by atoms with van der Waals surface area (Å²) >= 11 is 0. The Morgan fingerprint density at radius 1 is 1.04 bits per heavy atom. The van der Waals surface area contributed by atoms with E-state index in [0.717, 1.165) is 38.8 Å². The molecule has 4 fully saturated rings. The van der Waals surface area contributed by atoms with Gasteiger partial charge in [-0.05, 0) is 62.3 Å². The largest absolute Gasteiger partial charge is 0.462 e. The van der Waals surface area contributed by atoms with E-state index in [1.165, 1.54) is 6.42 Å². The van der Waals surface area contributed by atoms with E-state index in [2.05, 4.69) is 5.32 Å². The molecule has 27 heavy (non-hydrogen) atoms. The summed E-state index contributed by atoms with van der Waals surface area (Å²) in [6.45, 7) is 1.64. The Balaban J connectivity index is 1.25. The van der Waals surface area contributed by atoms with Crippen LogP contribution in [0.5, 0.6) is 0 Å². The number of nitrogens with one attached hydrogen (secondary N) is 1. The minimum Gasteiger partial charge on any atom is -0.462 e. The summed E-state index contributed by atoms with van der Waals surface area (Å²) in [6, 6.07) is 7.09. The molecule has 6 heteroatoms. The van der Waals surface area contributed by atoms with E-state index in [1.807, 2.05) is 4.90 Å². The van der Waals surface area contributed by atoms with Gasteiger partial charge in [-0.2, -0.15) is 0 Å². The summed E-state index contributed by atoms with van der Waals surface area (Å²) in [4.78, 5) is 39.3. The predicted molar refractivity (Wildman–Crippen MR) is 97.9 cm³/mol. The molecule has 0 radical (unpaired) electrons. The van der Waals surface area contributed by atoms with E-state index < -0.39 is 0 Å². The molecule has 2 saturated carbocycles. The second-order valence-electron chi connectivity index (χ2n) is 8.34. The molecule has 2 amide bonds. The summed E-state index contributed by atoms with van der Waals surface area (Å²) < 4.78 is 5.41. The van der Waals surface area contributed by atoms with Gasteiger partial charge < -0.3 is 15.0 Å². The van der Waals surface area contributed by atoms with Crippen molar-refractivity contribution in [2.24, 2.45) is 23.7 Å². The molecular weight excluding hydrogens is 344 g/mol. The van der Waals surface area contributed by atoms with Gasteiger partial charge in [0.05, 0.1) is 11.8 Å². The van der Waals surface area contributed by atoms with Gasteiger partial charge in [0.15, 0.2) is 0 Å². The van der Waals surface area contributed by atoms with Crippen LogP contribution in [0.15, 0.2) is 24.3 Å². The van der Waals surface area contributed by atoms with E-state index in [0.29, 0.717) is 11.3 Å². The lowest BCUT2D eigenvalue weighted by Crippen LogP contribution is -2.36. The van der Waals surface area contributed by atoms with Crippen LogP contribution in [0.25, 0.3) is 0 Å². The van der Waals surface area contributed by atoms with E-state index in [1.54, 1.807) is 24.3 Å². The van der Waals surface area contributed by atoms with Crippen molar-refractivity contribution < 1.29 is 19.1 Å². The first kappa shape index (κ1) is 16.8. The fraction of sp³-hybridized carbons (Fsp3) is 0.571. The number of hydrogen-bond donors (Lipinski definition) is 1. The molecule has 6 nitrogen and oxygen atoms in total. The monoisotopic (exact) mass is 368 g/mol. The topological polar surface area (TPSA) is 75.7 Å². The van der Waals surface area contributed by atoms with Gasteiger partial charge in [-0.3, -0.25) is 14.4 Å². The highest BCUT2D eigenvalue weighted by Gasteiger charge is 2.63. The van der Waals surface area contributed by atoms with Crippen molar-refractivity contribution >= 4 is 23.5 Å². The van der Waals surface area contributed by atoms with E-state index in [9.17, 15) is 14.4 Å². The van der Waals surface area contributed by atoms with Crippen molar-refractivity contribution in [3.05, 3.63) is 29.8 Å². The lowest BCUT2D eigenvalue weighted by atomic mass is 9.79. The lowest BCUT2D eigenvalue weighted by Gasteiger charge is -2.26. The summed E-state index contributed by atoms with van der Waals surface area (Å²) in [6.07, 6.45) is 5.09. The van der Waals surface area contributed by atoms with E-state index in [-0.39, 0.29) is 47.6 Å². The van der Waals surface area contributed by atoms with Crippen LogP contribution >= 0.6 is 0 Å². The maximum atomic E-state index is 12.8. The van der Waals surface area contributed by atoms with E-state index >= 15 is 0 Å². The Hall–Kier alpha value is -2.37. The van der Waals surface area contributed by atoms with Crippen LogP contribution in [0.2, 0.25) is 0 Å². The molecule has 5 atom stereocenters. The third kappa shape index (κ3) is 2.73. The highest BCUT2D eigenvalue weighted by atomic mass is 16.6. The standard InChI is InChI=1S/C21H24N2O4/c24-19(17-13-10-15-16(11-13)27-21(26)18(15)17)22-14-6-4-12(5-7-14)20(25)23-8-2-1-3-9-23/h4-7,13,15-18H,1-3,8-11H2,(H,22,24). The molecule has 5 unspecified atom stereocenters. The first-order chi connectivity index (χ1) is 13.1. The van der Waals surface area contributed by atoms with Crippen molar-refractivity contribution in [1.82, 2.24) is 4.90 Å². The Morgan fingerprint density at radius 3 is 2.52 bits per heavy atom. The predicted octanol–water partition coefficient (Wildman–Crippen LogP) is 2.45. The molecule has 1 aromatic rings. The number of carbonyl (C=O) groups is 3. The summed E-state index contributed by atoms with van der Waals surface area (Å²) in [7, 11) is 0. The Kier molecular flexibility index (Phi) is 3.95. The number of rotatable bonds is 3. The quantitative estimate of drug-likeness (QED) is 0.832. The van der Waals surface area contributed by atoms with Crippen molar-refractivity contribution in [2.75, 3.05) is 18.4 Å². The van der Waals surface area contributed by atoms with Gasteiger partial charge in [0.2, 0.25) is 5.91 Å². The zero-order chi connectivity index (χ0) is 18.5. The smallest absolute Gasteiger partial charge is 0.310 e. The average Bonchev–Trinajstić information content (AvgIpc) is 3.31. The lowest BCUT2D eigenvalue weighted by molar-refractivity contribution is -0.145. The molecule has 1 aromatic carbocycles. The molecule has 2 heterocycles. The normalized spacial score (nSPS) is 33.9. The summed E-state index contributed by atoms with van der Waals surface area (Å²) in [5.74, 6) is -0.322. The number of esters is 1. The molecule has 1 N–H and O–H groups in total. The van der Waals surface area contributed by atoms with Gasteiger partial charge >= 0.3 is 5.97 Å². The molecule has 2 saturated heterocycles. The van der Waals surface area contributed by atoms with Gasteiger partial charge in [0.25, 0.3) is 5.91 Å². The second-order valence-corrected chi connectivity index (χ2v) is 8.34. The third-order valence-corrected chi connectivity index (χ3v) is 6.83. The number of benzene rings is 1. The third-order valence-electron chi connectivity index (χ3n) is 6.83. The van der Waals surface area contributed by atoms with Crippen LogP contribution in [-0.4, -0.2) is 41.9 Å². The second kappa shape index (κ2) is 6.36. The van der Waals surface area contributed by atoms with Gasteiger partial charge in [0.1, 0.15) is 6.10 Å². The van der Waals surface area contributed by atoms with Crippen molar-refractivity contribution in [1.29, 1.82) is 0 Å². The maximum absolute atomic E-state index is 12.8. The van der Waals surface area contributed by atoms with Crippen molar-refractivity contribution in [3.63, 3.8) is 0 Å². The van der Waals surface area contributed by atoms with Gasteiger partial charge in [-0.1, -0.05) is 0 Å². The van der Waals surface area contributed by atoms with Crippen LogP contribution in [-0.2, 0) is 14.3 Å². The number of nitrogens with zero attached hydrogens (tertiary/aromatic N) is 1. The number of piperidine rings is 1. The molecule has 142 valence electrons.